The van der Waals surface area contributed by atoms with E-state index in [1.54, 1.807) is 0 Å². The predicted octanol–water partition coefficient (Wildman–Crippen LogP) is 0.740. The first kappa shape index (κ1) is 12.1. The van der Waals surface area contributed by atoms with Crippen LogP contribution >= 0.6 is 0 Å². The molecule has 84 valence electrons. The number of carboxylic acids is 1. The normalized spacial score (nSPS) is 10.1. The minimum Gasteiger partial charge on any atom is -0.480 e. The Morgan fingerprint density at radius 1 is 1.62 bits per heavy atom. The molecule has 0 atom stereocenters. The second-order valence-corrected chi connectivity index (χ2v) is 3.25. The number of halogens is 1. The summed E-state index contributed by atoms with van der Waals surface area (Å²) in [6.07, 6.45) is 7.68. The molecule has 0 spiro atoms. The van der Waals surface area contributed by atoms with Gasteiger partial charge < -0.3 is 5.11 Å². The quantitative estimate of drug-likeness (QED) is 0.746. The van der Waals surface area contributed by atoms with E-state index in [1.807, 2.05) is 0 Å². The average Bonchev–Trinajstić information content (AvgIpc) is 2.16. The third kappa shape index (κ3) is 4.07. The molecule has 0 aliphatic heterocycles. The number of carboxylic acid groups (broad SMARTS) is 1. The van der Waals surface area contributed by atoms with Crippen molar-refractivity contribution in [3.63, 3.8) is 0 Å². The Kier molecular flexibility index (Phi) is 4.42. The lowest BCUT2D eigenvalue weighted by Gasteiger charge is -2.16. The van der Waals surface area contributed by atoms with Crippen molar-refractivity contribution in [1.82, 2.24) is 9.88 Å². The molecule has 0 aliphatic rings. The number of hydrogen-bond donors (Lipinski definition) is 1. The number of rotatable bonds is 5. The molecule has 1 rings (SSSR count). The van der Waals surface area contributed by atoms with Gasteiger partial charge in [-0.05, 0) is 11.6 Å². The largest absolute Gasteiger partial charge is 0.480 e. The molecule has 1 aromatic heterocycles. The van der Waals surface area contributed by atoms with Crippen molar-refractivity contribution >= 4 is 5.97 Å². The molecule has 0 fully saturated rings. The highest BCUT2D eigenvalue weighted by atomic mass is 19.1. The second-order valence-electron chi connectivity index (χ2n) is 3.25. The van der Waals surface area contributed by atoms with E-state index >= 15 is 0 Å². The van der Waals surface area contributed by atoms with E-state index in [9.17, 15) is 9.18 Å². The first-order valence-corrected chi connectivity index (χ1v) is 4.59. The molecule has 4 nitrogen and oxygen atoms in total. The van der Waals surface area contributed by atoms with E-state index in [0.717, 1.165) is 6.20 Å². The number of terminal acetylenes is 1. The molecule has 0 unspecified atom stereocenters. The maximum absolute atomic E-state index is 12.8. The zero-order valence-electron chi connectivity index (χ0n) is 8.56. The van der Waals surface area contributed by atoms with Crippen LogP contribution in [0.25, 0.3) is 0 Å². The molecule has 0 radical (unpaired) electrons. The summed E-state index contributed by atoms with van der Waals surface area (Å²) in [6.45, 7) is 0.283. The lowest BCUT2D eigenvalue weighted by atomic mass is 10.2. The van der Waals surface area contributed by atoms with Crippen LogP contribution < -0.4 is 0 Å². The predicted molar refractivity (Wildman–Crippen MR) is 55.9 cm³/mol. The summed E-state index contributed by atoms with van der Waals surface area (Å²) >= 11 is 0. The highest BCUT2D eigenvalue weighted by Crippen LogP contribution is 2.04. The van der Waals surface area contributed by atoms with Crippen molar-refractivity contribution in [3.05, 3.63) is 29.8 Å². The van der Waals surface area contributed by atoms with Crippen LogP contribution in [0.15, 0.2) is 18.5 Å². The molecule has 5 heteroatoms. The van der Waals surface area contributed by atoms with E-state index in [1.165, 1.54) is 17.2 Å². The highest BCUT2D eigenvalue weighted by molar-refractivity contribution is 5.69. The Labute approximate surface area is 92.7 Å². The molecule has 0 amide bonds. The minimum absolute atomic E-state index is 0.180. The number of aliphatic carboxylic acids is 1. The maximum atomic E-state index is 12.8. The van der Waals surface area contributed by atoms with Crippen molar-refractivity contribution in [2.24, 2.45) is 0 Å². The van der Waals surface area contributed by atoms with E-state index < -0.39 is 11.8 Å². The van der Waals surface area contributed by atoms with Gasteiger partial charge in [0.1, 0.15) is 5.82 Å². The van der Waals surface area contributed by atoms with Gasteiger partial charge in [-0.2, -0.15) is 0 Å². The number of hydrogen-bond acceptors (Lipinski definition) is 3. The van der Waals surface area contributed by atoms with Crippen molar-refractivity contribution in [1.29, 1.82) is 0 Å². The van der Waals surface area contributed by atoms with Gasteiger partial charge in [-0.3, -0.25) is 14.7 Å². The van der Waals surface area contributed by atoms with Crippen LogP contribution in [0.4, 0.5) is 4.39 Å². The summed E-state index contributed by atoms with van der Waals surface area (Å²) < 4.78 is 12.8. The van der Waals surface area contributed by atoms with Gasteiger partial charge in [-0.25, -0.2) is 4.39 Å². The lowest BCUT2D eigenvalue weighted by Crippen LogP contribution is -2.29. The van der Waals surface area contributed by atoms with Crippen LogP contribution in [0.3, 0.4) is 0 Å². The van der Waals surface area contributed by atoms with Gasteiger partial charge in [0.05, 0.1) is 19.3 Å². The van der Waals surface area contributed by atoms with Gasteiger partial charge in [0.2, 0.25) is 0 Å². The molecule has 0 saturated heterocycles. The van der Waals surface area contributed by atoms with Crippen LogP contribution in [-0.4, -0.2) is 34.0 Å². The molecule has 0 aromatic carbocycles. The average molecular weight is 222 g/mol. The van der Waals surface area contributed by atoms with Gasteiger partial charge in [0, 0.05) is 12.7 Å². The molecule has 1 aromatic rings. The Hall–Kier alpha value is -1.93. The molecule has 0 aliphatic carbocycles. The molecule has 0 bridgehead atoms. The molecular formula is C11H11FN2O2. The van der Waals surface area contributed by atoms with Crippen molar-refractivity contribution in [2.45, 2.75) is 6.54 Å². The van der Waals surface area contributed by atoms with Gasteiger partial charge in [-0.15, -0.1) is 6.42 Å². The van der Waals surface area contributed by atoms with E-state index in [-0.39, 0.29) is 19.6 Å². The molecule has 0 saturated carbocycles. The standard InChI is InChI=1S/C11H11FN2O2/c1-2-3-14(8-11(15)16)7-9-4-10(12)6-13-5-9/h1,4-6H,3,7-8H2,(H,15,16). The van der Waals surface area contributed by atoms with Gasteiger partial charge in [0.15, 0.2) is 0 Å². The number of nitrogens with zero attached hydrogens (tertiary/aromatic N) is 2. The van der Waals surface area contributed by atoms with Gasteiger partial charge in [0.25, 0.3) is 0 Å². The molecule has 1 N–H and O–H groups in total. The third-order valence-corrected chi connectivity index (χ3v) is 1.84. The topological polar surface area (TPSA) is 53.4 Å². The molecule has 1 heterocycles. The van der Waals surface area contributed by atoms with Crippen molar-refractivity contribution in [2.75, 3.05) is 13.1 Å². The van der Waals surface area contributed by atoms with Crippen LogP contribution in [-0.2, 0) is 11.3 Å². The zero-order chi connectivity index (χ0) is 12.0. The first-order chi connectivity index (χ1) is 7.61. The summed E-state index contributed by atoms with van der Waals surface area (Å²) in [5.41, 5.74) is 0.594. The Morgan fingerprint density at radius 2 is 2.38 bits per heavy atom. The van der Waals surface area contributed by atoms with Crippen molar-refractivity contribution in [3.8, 4) is 12.3 Å². The van der Waals surface area contributed by atoms with Crippen LogP contribution in [0, 0.1) is 18.2 Å². The fraction of sp³-hybridized carbons (Fsp3) is 0.273. The Bertz CT molecular complexity index is 415. The molecular weight excluding hydrogens is 211 g/mol. The lowest BCUT2D eigenvalue weighted by molar-refractivity contribution is -0.138. The van der Waals surface area contributed by atoms with E-state index in [0.29, 0.717) is 5.56 Å². The van der Waals surface area contributed by atoms with E-state index in [2.05, 4.69) is 10.9 Å². The highest BCUT2D eigenvalue weighted by Gasteiger charge is 2.09. The number of aromatic nitrogens is 1. The Balaban J connectivity index is 2.68. The fourth-order valence-electron chi connectivity index (χ4n) is 1.29. The number of carbonyl (C=O) groups is 1. The third-order valence-electron chi connectivity index (χ3n) is 1.84. The summed E-state index contributed by atoms with van der Waals surface area (Å²) in [6, 6.07) is 1.30. The SMILES string of the molecule is C#CCN(CC(=O)O)Cc1cncc(F)c1. The summed E-state index contributed by atoms with van der Waals surface area (Å²) in [5, 5.41) is 8.64. The second kappa shape index (κ2) is 5.83. The van der Waals surface area contributed by atoms with Crippen LogP contribution in [0.1, 0.15) is 5.56 Å². The minimum atomic E-state index is -0.973. The van der Waals surface area contributed by atoms with Gasteiger partial charge >= 0.3 is 5.97 Å². The zero-order valence-corrected chi connectivity index (χ0v) is 8.56. The maximum Gasteiger partial charge on any atom is 0.317 e. The summed E-state index contributed by atoms with van der Waals surface area (Å²) in [7, 11) is 0. The number of pyridine rings is 1. The molecule has 16 heavy (non-hydrogen) atoms. The van der Waals surface area contributed by atoms with E-state index in [4.69, 9.17) is 11.5 Å². The fourth-order valence-corrected chi connectivity index (χ4v) is 1.29. The summed E-state index contributed by atoms with van der Waals surface area (Å²) in [5.74, 6) is 0.933. The smallest absolute Gasteiger partial charge is 0.317 e. The first-order valence-electron chi connectivity index (χ1n) is 4.59. The van der Waals surface area contributed by atoms with Crippen LogP contribution in [0.2, 0.25) is 0 Å². The summed E-state index contributed by atoms with van der Waals surface area (Å²) in [4.78, 5) is 15.7. The van der Waals surface area contributed by atoms with Gasteiger partial charge in [-0.1, -0.05) is 5.92 Å². The Morgan fingerprint density at radius 3 is 2.94 bits per heavy atom. The monoisotopic (exact) mass is 222 g/mol. The van der Waals surface area contributed by atoms with Crippen LogP contribution in [0.5, 0.6) is 0 Å². The van der Waals surface area contributed by atoms with Crippen molar-refractivity contribution < 1.29 is 14.3 Å².